The molecule has 5 heterocycles. The molecule has 0 saturated heterocycles. The Morgan fingerprint density at radius 2 is 0.940 bits per heavy atom. The zero-order valence-electron chi connectivity index (χ0n) is 26.7. The molecule has 4 aromatic carbocycles. The maximum absolute atomic E-state index is 14.1. The standard InChI is InChI=1S/C44H28N4O2/c49-43-35-26-33-22-21-31(45-33)25-32-23-24-34(46-32)36(27-13-5-1-6-14-27)40-37(28-15-7-2-8-16-28)38(29-17-9-3-10-18-29)41(48-40)39(42(47-35)44(43)50)30-19-11-4-12-20-30/h1-26,46-47H. The lowest BCUT2D eigenvalue weighted by atomic mass is 9.87. The van der Waals surface area contributed by atoms with Crippen LogP contribution in [0.2, 0.25) is 0 Å². The van der Waals surface area contributed by atoms with Crippen LogP contribution in [0, 0.1) is 0 Å². The van der Waals surface area contributed by atoms with Crippen LogP contribution in [0.5, 0.6) is 0 Å². The van der Waals surface area contributed by atoms with Gasteiger partial charge in [0.25, 0.3) is 11.6 Å². The van der Waals surface area contributed by atoms with E-state index in [1.165, 1.54) is 0 Å². The van der Waals surface area contributed by atoms with Crippen molar-refractivity contribution in [2.24, 2.45) is 0 Å². The minimum atomic E-state index is -0.622. The van der Waals surface area contributed by atoms with Crippen LogP contribution in [0.1, 0.15) is 54.9 Å². The molecule has 50 heavy (non-hydrogen) atoms. The lowest BCUT2D eigenvalue weighted by Crippen LogP contribution is -2.08. The zero-order chi connectivity index (χ0) is 33.6. The first kappa shape index (κ1) is 29.2. The quantitative estimate of drug-likeness (QED) is 0.187. The second-order valence-electron chi connectivity index (χ2n) is 12.3. The fraction of sp³-hybridized carbons (Fsp3) is 0. The normalized spacial score (nSPS) is 13.1. The number of carbonyl (C=O) groups is 2. The van der Waals surface area contributed by atoms with E-state index >= 15 is 0 Å². The highest BCUT2D eigenvalue weighted by molar-refractivity contribution is 6.51. The first-order valence-electron chi connectivity index (χ1n) is 16.4. The number of carbonyl (C=O) groups excluding carboxylic acids is 2. The highest BCUT2D eigenvalue weighted by Crippen LogP contribution is 2.47. The van der Waals surface area contributed by atoms with E-state index in [1.54, 1.807) is 6.07 Å². The van der Waals surface area contributed by atoms with Crippen LogP contribution >= 0.6 is 0 Å². The predicted molar refractivity (Wildman–Crippen MR) is 199 cm³/mol. The van der Waals surface area contributed by atoms with Crippen LogP contribution in [0.15, 0.2) is 146 Å². The molecule has 0 aliphatic carbocycles. The maximum Gasteiger partial charge on any atom is 0.251 e. The van der Waals surface area contributed by atoms with E-state index in [9.17, 15) is 9.59 Å². The Labute approximate surface area is 287 Å². The summed E-state index contributed by atoms with van der Waals surface area (Å²) >= 11 is 0. The van der Waals surface area contributed by atoms with Gasteiger partial charge in [0.2, 0.25) is 0 Å². The highest BCUT2D eigenvalue weighted by Gasteiger charge is 2.34. The minimum Gasteiger partial charge on any atom is -0.355 e. The summed E-state index contributed by atoms with van der Waals surface area (Å²) in [4.78, 5) is 45.0. The van der Waals surface area contributed by atoms with E-state index in [0.29, 0.717) is 17.0 Å². The smallest absolute Gasteiger partial charge is 0.251 e. The van der Waals surface area contributed by atoms with Crippen molar-refractivity contribution in [3.63, 3.8) is 0 Å². The number of fused-ring (bicyclic) bond motifs is 8. The van der Waals surface area contributed by atoms with Gasteiger partial charge in [-0.2, -0.15) is 0 Å². The molecule has 0 fully saturated rings. The molecule has 6 nitrogen and oxygen atoms in total. The molecule has 2 aromatic heterocycles. The van der Waals surface area contributed by atoms with Gasteiger partial charge in [-0.15, -0.1) is 0 Å². The molecule has 3 aliphatic rings. The number of ketones is 2. The summed E-state index contributed by atoms with van der Waals surface area (Å²) in [5.74, 6) is -1.24. The minimum absolute atomic E-state index is 0.171. The highest BCUT2D eigenvalue weighted by atomic mass is 16.2. The van der Waals surface area contributed by atoms with E-state index in [4.69, 9.17) is 9.97 Å². The van der Waals surface area contributed by atoms with Gasteiger partial charge in [0.15, 0.2) is 0 Å². The molecule has 0 amide bonds. The Morgan fingerprint density at radius 1 is 0.440 bits per heavy atom. The van der Waals surface area contributed by atoms with Crippen LogP contribution < -0.4 is 0 Å². The van der Waals surface area contributed by atoms with E-state index in [1.807, 2.05) is 109 Å². The molecule has 0 spiro atoms. The number of hydrogen-bond acceptors (Lipinski definition) is 4. The summed E-state index contributed by atoms with van der Waals surface area (Å²) < 4.78 is 0. The number of Topliss-reactive ketones (excluding diaryl/α,β-unsaturated/α-hetero) is 2. The number of benzene rings is 4. The Morgan fingerprint density at radius 3 is 1.52 bits per heavy atom. The number of aromatic nitrogens is 4. The molecule has 0 saturated carbocycles. The van der Waals surface area contributed by atoms with Gasteiger partial charge < -0.3 is 9.97 Å². The topological polar surface area (TPSA) is 91.5 Å². The number of nitrogens with zero attached hydrogens (tertiary/aromatic N) is 2. The summed E-state index contributed by atoms with van der Waals surface area (Å²) in [5, 5.41) is 0. The first-order chi connectivity index (χ1) is 24.6. The SMILES string of the molecule is O=C1C(=O)c2[nH]c1cc1nc(cc3ccc([nH]3)c(-c3ccccc3)c3nc(c2-c2ccccc2)C(c2ccccc2)=C3c2ccccc2)C=C1. The van der Waals surface area contributed by atoms with Crippen LogP contribution in [0.3, 0.4) is 0 Å². The van der Waals surface area contributed by atoms with Gasteiger partial charge in [-0.05, 0) is 58.7 Å². The molecule has 6 aromatic rings. The van der Waals surface area contributed by atoms with E-state index in [-0.39, 0.29) is 11.4 Å². The van der Waals surface area contributed by atoms with E-state index < -0.39 is 11.6 Å². The van der Waals surface area contributed by atoms with Crippen molar-refractivity contribution < 1.29 is 9.59 Å². The molecule has 6 heteroatoms. The van der Waals surface area contributed by atoms with Crippen molar-refractivity contribution in [3.05, 3.63) is 191 Å². The van der Waals surface area contributed by atoms with Crippen LogP contribution in [-0.2, 0) is 0 Å². The molecule has 2 N–H and O–H groups in total. The zero-order valence-corrected chi connectivity index (χ0v) is 26.7. The summed E-state index contributed by atoms with van der Waals surface area (Å²) in [6.07, 6.45) is 3.73. The molecule has 3 aliphatic heterocycles. The molecular weight excluding hydrogens is 617 g/mol. The number of aromatic amines is 2. The molecule has 0 radical (unpaired) electrons. The van der Waals surface area contributed by atoms with Gasteiger partial charge in [0.05, 0.1) is 28.5 Å². The Kier molecular flexibility index (Phi) is 6.99. The van der Waals surface area contributed by atoms with Crippen molar-refractivity contribution in [2.75, 3.05) is 0 Å². The first-order valence-corrected chi connectivity index (χ1v) is 16.4. The van der Waals surface area contributed by atoms with Gasteiger partial charge in [-0.25, -0.2) is 9.97 Å². The number of hydrogen-bond donors (Lipinski definition) is 2. The lowest BCUT2D eigenvalue weighted by Gasteiger charge is -2.14. The molecule has 236 valence electrons. The van der Waals surface area contributed by atoms with E-state index in [0.717, 1.165) is 61.4 Å². The average Bonchev–Trinajstić information content (AvgIpc) is 3.95. The van der Waals surface area contributed by atoms with Crippen molar-refractivity contribution >= 4 is 45.9 Å². The lowest BCUT2D eigenvalue weighted by molar-refractivity contribution is 0.0825. The fourth-order valence-electron chi connectivity index (χ4n) is 6.89. The average molecular weight is 645 g/mol. The Bertz CT molecular complexity index is 2600. The monoisotopic (exact) mass is 644 g/mol. The van der Waals surface area contributed by atoms with Crippen molar-refractivity contribution in [2.45, 2.75) is 0 Å². The molecule has 0 atom stereocenters. The van der Waals surface area contributed by atoms with Crippen molar-refractivity contribution in [3.8, 4) is 22.3 Å². The molecule has 9 rings (SSSR count). The van der Waals surface area contributed by atoms with Gasteiger partial charge in [0, 0.05) is 33.3 Å². The summed E-state index contributed by atoms with van der Waals surface area (Å²) in [6, 6.07) is 48.0. The summed E-state index contributed by atoms with van der Waals surface area (Å²) in [6.45, 7) is 0. The Balaban J connectivity index is 1.57. The van der Waals surface area contributed by atoms with Crippen molar-refractivity contribution in [1.82, 2.24) is 19.9 Å². The Hall–Kier alpha value is -6.92. The largest absolute Gasteiger partial charge is 0.355 e. The number of H-pyrrole nitrogens is 2. The summed E-state index contributed by atoms with van der Waals surface area (Å²) in [7, 11) is 0. The molecule has 0 unspecified atom stereocenters. The van der Waals surface area contributed by atoms with E-state index in [2.05, 4.69) is 52.4 Å². The third-order valence-electron chi connectivity index (χ3n) is 9.11. The molecular formula is C44H28N4O2. The second-order valence-corrected chi connectivity index (χ2v) is 12.3. The van der Waals surface area contributed by atoms with Crippen molar-refractivity contribution in [1.29, 1.82) is 0 Å². The fourth-order valence-corrected chi connectivity index (χ4v) is 6.89. The van der Waals surface area contributed by atoms with Gasteiger partial charge in [0.1, 0.15) is 5.69 Å². The van der Waals surface area contributed by atoms with Gasteiger partial charge >= 0.3 is 0 Å². The van der Waals surface area contributed by atoms with Crippen LogP contribution in [0.25, 0.3) is 56.6 Å². The second kappa shape index (κ2) is 12.0. The van der Waals surface area contributed by atoms with Gasteiger partial charge in [-0.3, -0.25) is 9.59 Å². The van der Waals surface area contributed by atoms with Crippen LogP contribution in [0.4, 0.5) is 0 Å². The summed E-state index contributed by atoms with van der Waals surface area (Å²) in [5.41, 5.74) is 11.6. The van der Waals surface area contributed by atoms with Gasteiger partial charge in [-0.1, -0.05) is 121 Å². The third-order valence-corrected chi connectivity index (χ3v) is 9.11. The number of nitrogens with one attached hydrogen (secondary N) is 2. The maximum atomic E-state index is 14.1. The third kappa shape index (κ3) is 4.98. The predicted octanol–water partition coefficient (Wildman–Crippen LogP) is 9.61. The number of rotatable bonds is 4. The molecule has 8 bridgehead atoms. The van der Waals surface area contributed by atoms with Crippen LogP contribution in [-0.4, -0.2) is 31.5 Å².